The minimum Gasteiger partial charge on any atom is -0.319 e. The molecule has 0 bridgehead atoms. The maximum atomic E-state index is 4.92. The average molecular weight is 260 g/mol. The highest BCUT2D eigenvalue weighted by Crippen LogP contribution is 2.41. The summed E-state index contributed by atoms with van der Waals surface area (Å²) in [4.78, 5) is 11.9. The largest absolute Gasteiger partial charge is 0.319 e. The van der Waals surface area contributed by atoms with Crippen molar-refractivity contribution in [1.82, 2.24) is 20.2 Å². The van der Waals surface area contributed by atoms with Crippen LogP contribution in [-0.2, 0) is 5.41 Å². The maximum Gasteiger partial charge on any atom is 0.135 e. The summed E-state index contributed by atoms with van der Waals surface area (Å²) in [5.41, 5.74) is 1.45. The van der Waals surface area contributed by atoms with Crippen LogP contribution in [0.5, 0.6) is 0 Å². The average Bonchev–Trinajstić information content (AvgIpc) is 2.81. The normalized spacial score (nSPS) is 26.3. The second-order valence-electron chi connectivity index (χ2n) is 6.22. The Kier molecular flexibility index (Phi) is 3.54. The van der Waals surface area contributed by atoms with E-state index in [0.29, 0.717) is 5.92 Å². The van der Waals surface area contributed by atoms with Crippen molar-refractivity contribution in [3.05, 3.63) is 23.8 Å². The molecule has 4 heteroatoms. The lowest BCUT2D eigenvalue weighted by molar-refractivity contribution is 0.224. The molecule has 0 radical (unpaired) electrons. The smallest absolute Gasteiger partial charge is 0.135 e. The van der Waals surface area contributed by atoms with Gasteiger partial charge in [-0.25, -0.2) is 9.97 Å². The Bertz CT molecular complexity index is 442. The van der Waals surface area contributed by atoms with Gasteiger partial charge in [0.2, 0.25) is 0 Å². The lowest BCUT2D eigenvalue weighted by Crippen LogP contribution is -2.44. The Morgan fingerprint density at radius 3 is 2.89 bits per heavy atom. The molecule has 2 fully saturated rings. The van der Waals surface area contributed by atoms with Gasteiger partial charge in [-0.15, -0.1) is 0 Å². The molecule has 1 aliphatic carbocycles. The van der Waals surface area contributed by atoms with Gasteiger partial charge in [-0.1, -0.05) is 6.42 Å². The van der Waals surface area contributed by atoms with Gasteiger partial charge < -0.3 is 10.2 Å². The lowest BCUT2D eigenvalue weighted by atomic mass is 9.68. The van der Waals surface area contributed by atoms with Crippen molar-refractivity contribution in [3.63, 3.8) is 0 Å². The van der Waals surface area contributed by atoms with Crippen LogP contribution in [-0.4, -0.2) is 48.6 Å². The van der Waals surface area contributed by atoms with Crippen LogP contribution in [0.25, 0.3) is 0 Å². The molecule has 0 amide bonds. The van der Waals surface area contributed by atoms with E-state index in [-0.39, 0.29) is 5.41 Å². The molecule has 19 heavy (non-hydrogen) atoms. The summed E-state index contributed by atoms with van der Waals surface area (Å²) in [6.07, 6.45) is 6.95. The predicted octanol–water partition coefficient (Wildman–Crippen LogP) is 1.54. The number of hydrogen-bond donors (Lipinski definition) is 1. The van der Waals surface area contributed by atoms with E-state index in [1.54, 1.807) is 0 Å². The fourth-order valence-corrected chi connectivity index (χ4v) is 3.45. The molecule has 2 aliphatic rings. The molecule has 1 atom stereocenters. The van der Waals surface area contributed by atoms with Gasteiger partial charge in [0.15, 0.2) is 0 Å². The monoisotopic (exact) mass is 260 g/mol. The van der Waals surface area contributed by atoms with Crippen LogP contribution < -0.4 is 5.32 Å². The molecule has 1 saturated heterocycles. The topological polar surface area (TPSA) is 41.1 Å². The number of likely N-dealkylation sites (tertiary alicyclic amines) is 1. The maximum absolute atomic E-state index is 4.92. The standard InChI is InChI=1S/C15H24N4/c1-16-11-15(6-3-7-15)14-17-8-4-13(18-14)12-5-9-19(2)10-12/h4,8,12,16H,3,5-7,9-11H2,1-2H3. The fourth-order valence-electron chi connectivity index (χ4n) is 3.45. The van der Waals surface area contributed by atoms with Gasteiger partial charge in [-0.05, 0) is 46.0 Å². The third-order valence-corrected chi connectivity index (χ3v) is 4.79. The molecule has 0 aromatic carbocycles. The van der Waals surface area contributed by atoms with E-state index in [0.717, 1.165) is 18.9 Å². The van der Waals surface area contributed by atoms with Gasteiger partial charge in [0.25, 0.3) is 0 Å². The van der Waals surface area contributed by atoms with Crippen molar-refractivity contribution < 1.29 is 0 Å². The summed E-state index contributed by atoms with van der Waals surface area (Å²) in [6, 6.07) is 2.11. The Morgan fingerprint density at radius 1 is 1.47 bits per heavy atom. The molecule has 1 aromatic heterocycles. The zero-order chi connectivity index (χ0) is 13.3. The summed E-state index contributed by atoms with van der Waals surface area (Å²) >= 11 is 0. The van der Waals surface area contributed by atoms with Gasteiger partial charge in [0, 0.05) is 36.3 Å². The van der Waals surface area contributed by atoms with Crippen LogP contribution >= 0.6 is 0 Å². The van der Waals surface area contributed by atoms with E-state index in [1.807, 2.05) is 13.2 Å². The first-order valence-corrected chi connectivity index (χ1v) is 7.40. The molecule has 0 spiro atoms. The summed E-state index contributed by atoms with van der Waals surface area (Å²) in [6.45, 7) is 3.32. The molecule has 2 heterocycles. The molecule has 1 aliphatic heterocycles. The molecule has 4 nitrogen and oxygen atoms in total. The second kappa shape index (κ2) is 5.17. The first kappa shape index (κ1) is 13.0. The first-order valence-electron chi connectivity index (χ1n) is 7.40. The van der Waals surface area contributed by atoms with Crippen LogP contribution in [0.3, 0.4) is 0 Å². The highest BCUT2D eigenvalue weighted by molar-refractivity contribution is 5.19. The fraction of sp³-hybridized carbons (Fsp3) is 0.733. The molecule has 3 rings (SSSR count). The molecule has 1 saturated carbocycles. The van der Waals surface area contributed by atoms with Gasteiger partial charge in [-0.2, -0.15) is 0 Å². The SMILES string of the molecule is CNCC1(c2nccc(C3CCN(C)C3)n2)CCC1. The quantitative estimate of drug-likeness (QED) is 0.891. The van der Waals surface area contributed by atoms with Crippen LogP contribution in [0.2, 0.25) is 0 Å². The predicted molar refractivity (Wildman–Crippen MR) is 76.3 cm³/mol. The first-order chi connectivity index (χ1) is 9.23. The van der Waals surface area contributed by atoms with E-state index in [9.17, 15) is 0 Å². The van der Waals surface area contributed by atoms with Gasteiger partial charge >= 0.3 is 0 Å². The number of aromatic nitrogens is 2. The van der Waals surface area contributed by atoms with E-state index in [4.69, 9.17) is 4.98 Å². The van der Waals surface area contributed by atoms with Crippen molar-refractivity contribution in [3.8, 4) is 0 Å². The zero-order valence-electron chi connectivity index (χ0n) is 12.0. The van der Waals surface area contributed by atoms with Crippen LogP contribution in [0.1, 0.15) is 43.1 Å². The highest BCUT2D eigenvalue weighted by atomic mass is 15.1. The molecule has 1 N–H and O–H groups in total. The minimum atomic E-state index is 0.204. The van der Waals surface area contributed by atoms with Crippen LogP contribution in [0, 0.1) is 0 Å². The lowest BCUT2D eigenvalue weighted by Gasteiger charge is -2.40. The van der Waals surface area contributed by atoms with Gasteiger partial charge in [-0.3, -0.25) is 0 Å². The molecule has 104 valence electrons. The Morgan fingerprint density at radius 2 is 2.32 bits per heavy atom. The molecular formula is C15H24N4. The van der Waals surface area contributed by atoms with Crippen molar-refractivity contribution in [2.24, 2.45) is 0 Å². The Balaban J connectivity index is 1.83. The molecule has 1 unspecified atom stereocenters. The second-order valence-corrected chi connectivity index (χ2v) is 6.22. The number of hydrogen-bond acceptors (Lipinski definition) is 4. The van der Waals surface area contributed by atoms with E-state index < -0.39 is 0 Å². The highest BCUT2D eigenvalue weighted by Gasteiger charge is 2.41. The number of nitrogens with one attached hydrogen (secondary N) is 1. The molecular weight excluding hydrogens is 236 g/mol. The number of likely N-dealkylation sites (N-methyl/N-ethyl adjacent to an activating group) is 2. The van der Waals surface area contributed by atoms with E-state index in [2.05, 4.69) is 28.3 Å². The van der Waals surface area contributed by atoms with Crippen molar-refractivity contribution >= 4 is 0 Å². The van der Waals surface area contributed by atoms with Gasteiger partial charge in [0.1, 0.15) is 5.82 Å². The third-order valence-electron chi connectivity index (χ3n) is 4.79. The minimum absolute atomic E-state index is 0.204. The van der Waals surface area contributed by atoms with Crippen molar-refractivity contribution in [1.29, 1.82) is 0 Å². The van der Waals surface area contributed by atoms with Crippen molar-refractivity contribution in [2.75, 3.05) is 33.7 Å². The summed E-state index contributed by atoms with van der Waals surface area (Å²) in [5.74, 6) is 1.67. The van der Waals surface area contributed by atoms with E-state index >= 15 is 0 Å². The van der Waals surface area contributed by atoms with E-state index in [1.165, 1.54) is 37.9 Å². The summed E-state index contributed by atoms with van der Waals surface area (Å²) in [7, 11) is 4.21. The third kappa shape index (κ3) is 2.39. The number of rotatable bonds is 4. The van der Waals surface area contributed by atoms with Gasteiger partial charge in [0.05, 0.1) is 0 Å². The van der Waals surface area contributed by atoms with Crippen LogP contribution in [0.4, 0.5) is 0 Å². The van der Waals surface area contributed by atoms with Crippen molar-refractivity contribution in [2.45, 2.75) is 37.0 Å². The summed E-state index contributed by atoms with van der Waals surface area (Å²) in [5, 5.41) is 3.32. The summed E-state index contributed by atoms with van der Waals surface area (Å²) < 4.78 is 0. The Labute approximate surface area is 115 Å². The molecule has 1 aromatic rings. The van der Waals surface area contributed by atoms with Crippen LogP contribution in [0.15, 0.2) is 12.3 Å². The Hall–Kier alpha value is -1.00. The number of nitrogens with zero attached hydrogens (tertiary/aromatic N) is 3. The zero-order valence-corrected chi connectivity index (χ0v) is 12.0.